The number of thioether (sulfide) groups is 1. The maximum Gasteiger partial charge on any atom is 0.326 e. The van der Waals surface area contributed by atoms with Gasteiger partial charge in [0.15, 0.2) is 0 Å². The molecule has 0 saturated carbocycles. The van der Waals surface area contributed by atoms with Crippen LogP contribution in [-0.4, -0.2) is 84.0 Å². The number of carbonyl (C=O) groups is 5. The number of unbranched alkanes of at least 4 members (excludes halogenated alkanes) is 2. The molecule has 0 heterocycles. The summed E-state index contributed by atoms with van der Waals surface area (Å²) in [7, 11) is 0. The van der Waals surface area contributed by atoms with Crippen LogP contribution in [0.2, 0.25) is 0 Å². The van der Waals surface area contributed by atoms with Crippen LogP contribution in [0, 0.1) is 0 Å². The van der Waals surface area contributed by atoms with Gasteiger partial charge in [0.05, 0.1) is 6.04 Å². The van der Waals surface area contributed by atoms with E-state index in [1.54, 1.807) is 0 Å². The standard InChI is InChI=1S/C22H43N7O6S/c1-36-13-10-14(25)19(31)27-16(8-9-18(26)30)21(33)28-15(6-2-4-11-23)20(32)29-17(22(34)35)7-3-5-12-24/h14-17H,2-13,23-25H2,1H3,(H2,26,30)(H,27,31)(H,28,33)(H,29,32)(H,34,35). The number of amides is 4. The summed E-state index contributed by atoms with van der Waals surface area (Å²) in [6, 6.07) is -4.22. The summed E-state index contributed by atoms with van der Waals surface area (Å²) >= 11 is 1.52. The average molecular weight is 534 g/mol. The monoisotopic (exact) mass is 533 g/mol. The highest BCUT2D eigenvalue weighted by molar-refractivity contribution is 7.98. The van der Waals surface area contributed by atoms with E-state index in [9.17, 15) is 29.1 Å². The third-order valence-electron chi connectivity index (χ3n) is 5.42. The number of rotatable bonds is 21. The third kappa shape index (κ3) is 14.9. The highest BCUT2D eigenvalue weighted by Crippen LogP contribution is 2.07. The van der Waals surface area contributed by atoms with E-state index in [0.29, 0.717) is 50.9 Å². The predicted molar refractivity (Wildman–Crippen MR) is 139 cm³/mol. The van der Waals surface area contributed by atoms with E-state index in [-0.39, 0.29) is 25.7 Å². The molecule has 13 nitrogen and oxygen atoms in total. The lowest BCUT2D eigenvalue weighted by molar-refractivity contribution is -0.142. The van der Waals surface area contributed by atoms with Crippen molar-refractivity contribution in [3.05, 3.63) is 0 Å². The molecule has 0 saturated heterocycles. The van der Waals surface area contributed by atoms with Gasteiger partial charge in [-0.15, -0.1) is 0 Å². The van der Waals surface area contributed by atoms with E-state index in [1.165, 1.54) is 11.8 Å². The fourth-order valence-corrected chi connectivity index (χ4v) is 3.76. The molecule has 208 valence electrons. The van der Waals surface area contributed by atoms with Gasteiger partial charge < -0.3 is 44.0 Å². The normalized spacial score (nSPS) is 14.2. The Labute approximate surface area is 216 Å². The second-order valence-electron chi connectivity index (χ2n) is 8.48. The fourth-order valence-electron chi connectivity index (χ4n) is 3.27. The van der Waals surface area contributed by atoms with Gasteiger partial charge >= 0.3 is 5.97 Å². The lowest BCUT2D eigenvalue weighted by Crippen LogP contribution is -2.57. The van der Waals surface area contributed by atoms with Crippen LogP contribution in [0.5, 0.6) is 0 Å². The van der Waals surface area contributed by atoms with Gasteiger partial charge in [0.2, 0.25) is 23.6 Å². The number of aliphatic carboxylic acids is 1. The van der Waals surface area contributed by atoms with E-state index < -0.39 is 53.8 Å². The maximum absolute atomic E-state index is 13.0. The van der Waals surface area contributed by atoms with Gasteiger partial charge in [0, 0.05) is 6.42 Å². The highest BCUT2D eigenvalue weighted by atomic mass is 32.2. The molecular formula is C22H43N7O6S. The second-order valence-corrected chi connectivity index (χ2v) is 9.47. The Hall–Kier alpha value is -2.42. The molecule has 0 radical (unpaired) electrons. The number of carbonyl (C=O) groups excluding carboxylic acids is 4. The number of hydrogen-bond acceptors (Lipinski definition) is 9. The SMILES string of the molecule is CSCCC(N)C(=O)NC(CCC(N)=O)C(=O)NC(CCCCN)C(=O)NC(CCCCN)C(=O)O. The Morgan fingerprint density at radius 3 is 1.69 bits per heavy atom. The van der Waals surface area contributed by atoms with Crippen molar-refractivity contribution < 1.29 is 29.1 Å². The summed E-state index contributed by atoms with van der Waals surface area (Å²) in [5.41, 5.74) is 22.1. The first kappa shape index (κ1) is 33.6. The summed E-state index contributed by atoms with van der Waals surface area (Å²) in [6.07, 6.45) is 4.59. The Kier molecular flexibility index (Phi) is 18.4. The van der Waals surface area contributed by atoms with E-state index in [2.05, 4.69) is 16.0 Å². The van der Waals surface area contributed by atoms with Gasteiger partial charge in [0.25, 0.3) is 0 Å². The minimum absolute atomic E-state index is 0.0872. The minimum atomic E-state index is -1.20. The van der Waals surface area contributed by atoms with Crippen LogP contribution < -0.4 is 38.9 Å². The smallest absolute Gasteiger partial charge is 0.326 e. The van der Waals surface area contributed by atoms with Crippen LogP contribution in [0.25, 0.3) is 0 Å². The zero-order valence-corrected chi connectivity index (χ0v) is 21.8. The number of nitrogens with two attached hydrogens (primary N) is 4. The first-order valence-corrected chi connectivity index (χ1v) is 13.5. The van der Waals surface area contributed by atoms with Crippen molar-refractivity contribution in [1.82, 2.24) is 16.0 Å². The van der Waals surface area contributed by atoms with Crippen LogP contribution in [-0.2, 0) is 24.0 Å². The third-order valence-corrected chi connectivity index (χ3v) is 6.07. The summed E-state index contributed by atoms with van der Waals surface area (Å²) < 4.78 is 0. The molecule has 4 atom stereocenters. The van der Waals surface area contributed by atoms with Crippen molar-refractivity contribution in [2.45, 2.75) is 82.0 Å². The molecule has 36 heavy (non-hydrogen) atoms. The van der Waals surface area contributed by atoms with Gasteiger partial charge in [-0.05, 0) is 76.5 Å². The predicted octanol–water partition coefficient (Wildman–Crippen LogP) is -1.87. The van der Waals surface area contributed by atoms with Crippen LogP contribution in [0.3, 0.4) is 0 Å². The molecule has 0 fully saturated rings. The Balaban J connectivity index is 5.50. The first-order chi connectivity index (χ1) is 17.1. The van der Waals surface area contributed by atoms with Crippen LogP contribution in [0.4, 0.5) is 0 Å². The van der Waals surface area contributed by atoms with Gasteiger partial charge in [-0.1, -0.05) is 0 Å². The molecule has 0 spiro atoms. The van der Waals surface area contributed by atoms with Crippen LogP contribution >= 0.6 is 11.8 Å². The van der Waals surface area contributed by atoms with Gasteiger partial charge in [0.1, 0.15) is 18.1 Å². The van der Waals surface area contributed by atoms with E-state index in [0.717, 1.165) is 0 Å². The zero-order valence-electron chi connectivity index (χ0n) is 21.0. The van der Waals surface area contributed by atoms with Gasteiger partial charge in [-0.2, -0.15) is 11.8 Å². The van der Waals surface area contributed by atoms with Gasteiger partial charge in [-0.3, -0.25) is 19.2 Å². The lowest BCUT2D eigenvalue weighted by Gasteiger charge is -2.25. The number of hydrogen-bond donors (Lipinski definition) is 8. The molecule has 14 heteroatoms. The minimum Gasteiger partial charge on any atom is -0.480 e. The number of nitrogens with one attached hydrogen (secondary N) is 3. The molecule has 0 aromatic heterocycles. The van der Waals surface area contributed by atoms with Crippen molar-refractivity contribution in [3.8, 4) is 0 Å². The maximum atomic E-state index is 13.0. The molecule has 4 unspecified atom stereocenters. The summed E-state index contributed by atoms with van der Waals surface area (Å²) in [5.74, 6) is -3.15. The topological polar surface area (TPSA) is 246 Å². The second kappa shape index (κ2) is 19.7. The quantitative estimate of drug-likeness (QED) is 0.0763. The van der Waals surface area contributed by atoms with Crippen molar-refractivity contribution in [2.24, 2.45) is 22.9 Å². The Bertz CT molecular complexity index is 712. The zero-order chi connectivity index (χ0) is 27.5. The Morgan fingerprint density at radius 2 is 1.22 bits per heavy atom. The molecule has 0 bridgehead atoms. The fraction of sp³-hybridized carbons (Fsp3) is 0.773. The van der Waals surface area contributed by atoms with Gasteiger partial charge in [-0.25, -0.2) is 4.79 Å². The molecule has 4 amide bonds. The van der Waals surface area contributed by atoms with Crippen molar-refractivity contribution in [3.63, 3.8) is 0 Å². The van der Waals surface area contributed by atoms with Crippen molar-refractivity contribution >= 4 is 41.4 Å². The van der Waals surface area contributed by atoms with Crippen molar-refractivity contribution in [2.75, 3.05) is 25.1 Å². The molecule has 0 aromatic rings. The largest absolute Gasteiger partial charge is 0.480 e. The number of carboxylic acid groups (broad SMARTS) is 1. The number of carboxylic acids is 1. The first-order valence-electron chi connectivity index (χ1n) is 12.1. The van der Waals surface area contributed by atoms with E-state index >= 15 is 0 Å². The molecule has 12 N–H and O–H groups in total. The average Bonchev–Trinajstić information content (AvgIpc) is 2.83. The summed E-state index contributed by atoms with van der Waals surface area (Å²) in [6.45, 7) is 0.780. The van der Waals surface area contributed by atoms with Crippen molar-refractivity contribution in [1.29, 1.82) is 0 Å². The molecule has 0 aliphatic heterocycles. The summed E-state index contributed by atoms with van der Waals surface area (Å²) in [4.78, 5) is 61.3. The molecule has 0 aliphatic carbocycles. The summed E-state index contributed by atoms with van der Waals surface area (Å²) in [5, 5.41) is 17.1. The molecule has 0 aromatic carbocycles. The molecular weight excluding hydrogens is 490 g/mol. The molecule has 0 rings (SSSR count). The van der Waals surface area contributed by atoms with Crippen LogP contribution in [0.15, 0.2) is 0 Å². The van der Waals surface area contributed by atoms with E-state index in [4.69, 9.17) is 22.9 Å². The highest BCUT2D eigenvalue weighted by Gasteiger charge is 2.30. The van der Waals surface area contributed by atoms with Crippen LogP contribution in [0.1, 0.15) is 57.8 Å². The molecule has 0 aliphatic rings. The lowest BCUT2D eigenvalue weighted by atomic mass is 10.0. The Morgan fingerprint density at radius 1 is 0.750 bits per heavy atom. The van der Waals surface area contributed by atoms with E-state index in [1.807, 2.05) is 6.26 Å². The number of primary amides is 1.